The van der Waals surface area contributed by atoms with Crippen molar-refractivity contribution in [3.63, 3.8) is 0 Å². The zero-order valence-corrected chi connectivity index (χ0v) is 34.3. The third kappa shape index (κ3) is 5.57. The minimum Gasteiger partial charge on any atom is -0.457 e. The van der Waals surface area contributed by atoms with Crippen LogP contribution in [-0.4, -0.2) is 15.0 Å². The fraction of sp³-hybridized carbons (Fsp3) is 0.0517. The highest BCUT2D eigenvalue weighted by Crippen LogP contribution is 2.62. The number of fused-ring (bicyclic) bond motifs is 10. The highest BCUT2D eigenvalue weighted by atomic mass is 16.5. The molecular weight excluding hydrogens is 755 g/mol. The largest absolute Gasteiger partial charge is 0.457 e. The van der Waals surface area contributed by atoms with Gasteiger partial charge in [-0.15, -0.1) is 0 Å². The van der Waals surface area contributed by atoms with Crippen LogP contribution in [0.3, 0.4) is 0 Å². The molecule has 1 aliphatic heterocycles. The number of aryl methyl sites for hydroxylation is 2. The van der Waals surface area contributed by atoms with Crippen molar-refractivity contribution >= 4 is 10.8 Å². The number of benzene rings is 8. The molecular formula is C58H39N3O. The zero-order chi connectivity index (χ0) is 41.4. The Kier molecular flexibility index (Phi) is 8.16. The first kappa shape index (κ1) is 35.9. The molecule has 292 valence electrons. The molecule has 0 fully saturated rings. The van der Waals surface area contributed by atoms with Gasteiger partial charge in [-0.3, -0.25) is 4.98 Å². The van der Waals surface area contributed by atoms with E-state index < -0.39 is 5.41 Å². The van der Waals surface area contributed by atoms with Gasteiger partial charge in [0.1, 0.15) is 17.3 Å². The molecule has 2 aromatic heterocycles. The number of pyridine rings is 1. The molecule has 0 saturated heterocycles. The maximum atomic E-state index is 6.70. The van der Waals surface area contributed by atoms with Crippen molar-refractivity contribution in [2.45, 2.75) is 19.3 Å². The van der Waals surface area contributed by atoms with E-state index in [-0.39, 0.29) is 0 Å². The lowest BCUT2D eigenvalue weighted by atomic mass is 9.66. The fourth-order valence-corrected chi connectivity index (χ4v) is 10.0. The second-order valence-electron chi connectivity index (χ2n) is 16.4. The van der Waals surface area contributed by atoms with E-state index in [9.17, 15) is 0 Å². The molecule has 12 rings (SSSR count). The van der Waals surface area contributed by atoms with Crippen molar-refractivity contribution in [3.05, 3.63) is 234 Å². The highest BCUT2D eigenvalue weighted by molar-refractivity contribution is 5.97. The van der Waals surface area contributed by atoms with Crippen molar-refractivity contribution in [2.75, 3.05) is 0 Å². The second kappa shape index (κ2) is 14.1. The van der Waals surface area contributed by atoms with Gasteiger partial charge in [0.15, 0.2) is 0 Å². The molecule has 0 bridgehead atoms. The average molecular weight is 794 g/mol. The minimum atomic E-state index is -0.621. The van der Waals surface area contributed by atoms with Crippen molar-refractivity contribution < 1.29 is 4.74 Å². The number of rotatable bonds is 5. The van der Waals surface area contributed by atoms with E-state index >= 15 is 0 Å². The molecule has 0 saturated carbocycles. The first-order valence-electron chi connectivity index (χ1n) is 21.2. The number of nitrogens with zero attached hydrogens (tertiary/aromatic N) is 3. The summed E-state index contributed by atoms with van der Waals surface area (Å²) in [6.07, 6.45) is 1.99. The van der Waals surface area contributed by atoms with Gasteiger partial charge < -0.3 is 4.74 Å². The third-order valence-electron chi connectivity index (χ3n) is 12.8. The van der Waals surface area contributed by atoms with Crippen LogP contribution in [0.2, 0.25) is 0 Å². The van der Waals surface area contributed by atoms with Crippen molar-refractivity contribution in [1.29, 1.82) is 0 Å². The Morgan fingerprint density at radius 3 is 1.89 bits per heavy atom. The van der Waals surface area contributed by atoms with Crippen LogP contribution in [0.5, 0.6) is 11.5 Å². The highest BCUT2D eigenvalue weighted by Gasteiger charge is 2.51. The average Bonchev–Trinajstić information content (AvgIpc) is 3.61. The van der Waals surface area contributed by atoms with E-state index in [1.165, 1.54) is 38.6 Å². The van der Waals surface area contributed by atoms with Crippen molar-refractivity contribution in [3.8, 4) is 78.7 Å². The monoisotopic (exact) mass is 793 g/mol. The Bertz CT molecular complexity index is 3370. The van der Waals surface area contributed by atoms with Crippen LogP contribution >= 0.6 is 0 Å². The van der Waals surface area contributed by atoms with Gasteiger partial charge in [-0.1, -0.05) is 152 Å². The summed E-state index contributed by atoms with van der Waals surface area (Å²) in [5.74, 6) is 2.48. The SMILES string of the molecule is Cc1nc(-c2ccc3c(c2)-c2ccc(-c4cccc(-c5cc(-c6ccccc6)ncc5C)c4)cc2C32c3ccccc3Oc3ccccc32)cc(-c2cccc3ccccc23)n1. The van der Waals surface area contributed by atoms with E-state index in [1.54, 1.807) is 0 Å². The first-order chi connectivity index (χ1) is 30.5. The number of hydrogen-bond acceptors (Lipinski definition) is 4. The fourth-order valence-electron chi connectivity index (χ4n) is 10.0. The van der Waals surface area contributed by atoms with E-state index in [2.05, 4.69) is 195 Å². The predicted molar refractivity (Wildman–Crippen MR) is 251 cm³/mol. The quantitative estimate of drug-likeness (QED) is 0.174. The van der Waals surface area contributed by atoms with Gasteiger partial charge in [0.2, 0.25) is 0 Å². The van der Waals surface area contributed by atoms with Gasteiger partial charge >= 0.3 is 0 Å². The van der Waals surface area contributed by atoms with E-state index in [4.69, 9.17) is 19.7 Å². The number of ether oxygens (including phenoxy) is 1. The molecule has 0 N–H and O–H groups in total. The Morgan fingerprint density at radius 1 is 0.387 bits per heavy atom. The summed E-state index contributed by atoms with van der Waals surface area (Å²) in [5.41, 5.74) is 18.3. The van der Waals surface area contributed by atoms with Gasteiger partial charge in [-0.2, -0.15) is 0 Å². The normalized spacial score (nSPS) is 12.9. The summed E-state index contributed by atoms with van der Waals surface area (Å²) in [5, 5.41) is 2.37. The van der Waals surface area contributed by atoms with Crippen LogP contribution in [0.15, 0.2) is 200 Å². The van der Waals surface area contributed by atoms with Crippen LogP contribution in [0.1, 0.15) is 33.6 Å². The molecule has 3 heterocycles. The van der Waals surface area contributed by atoms with Crippen LogP contribution in [0.25, 0.3) is 77.9 Å². The summed E-state index contributed by atoms with van der Waals surface area (Å²) in [6, 6.07) is 69.6. The molecule has 4 heteroatoms. The lowest BCUT2D eigenvalue weighted by molar-refractivity contribution is 0.436. The molecule has 0 amide bonds. The van der Waals surface area contributed by atoms with Gasteiger partial charge in [-0.05, 0) is 117 Å². The standard InChI is InChI=1S/C58H39N3O/c1-36-35-59-53(39-15-4-3-5-16-39)33-47(36)42-19-12-18-40(30-42)41-26-28-45-48-31-43(54-34-55(61-37(2)60-54)46-21-13-17-38-14-6-7-20-44(38)46)27-29-49(48)58(52(45)32-41)50-22-8-10-24-56(50)62-57-25-11-9-23-51(57)58/h3-35H,1-2H3. The summed E-state index contributed by atoms with van der Waals surface area (Å²) in [6.45, 7) is 4.13. The minimum absolute atomic E-state index is 0.621. The molecule has 0 unspecified atom stereocenters. The van der Waals surface area contributed by atoms with Gasteiger partial charge in [0.25, 0.3) is 0 Å². The Hall–Kier alpha value is -7.95. The predicted octanol–water partition coefficient (Wildman–Crippen LogP) is 14.4. The van der Waals surface area contributed by atoms with Crippen LogP contribution in [-0.2, 0) is 5.41 Å². The number of para-hydroxylation sites is 2. The van der Waals surface area contributed by atoms with Crippen LogP contribution < -0.4 is 4.74 Å². The summed E-state index contributed by atoms with van der Waals surface area (Å²) < 4.78 is 6.70. The van der Waals surface area contributed by atoms with E-state index in [0.29, 0.717) is 0 Å². The third-order valence-corrected chi connectivity index (χ3v) is 12.8. The molecule has 4 nitrogen and oxygen atoms in total. The molecule has 10 aromatic rings. The van der Waals surface area contributed by atoms with Gasteiger partial charge in [0, 0.05) is 34.0 Å². The van der Waals surface area contributed by atoms with Gasteiger partial charge in [0.05, 0.1) is 22.5 Å². The Balaban J connectivity index is 1.05. The maximum Gasteiger partial charge on any atom is 0.132 e. The Morgan fingerprint density at radius 2 is 1.05 bits per heavy atom. The molecule has 1 spiro atoms. The second-order valence-corrected chi connectivity index (χ2v) is 16.4. The maximum absolute atomic E-state index is 6.70. The smallest absolute Gasteiger partial charge is 0.132 e. The van der Waals surface area contributed by atoms with E-state index in [1.807, 2.05) is 19.2 Å². The van der Waals surface area contributed by atoms with Crippen molar-refractivity contribution in [1.82, 2.24) is 15.0 Å². The summed E-state index contributed by atoms with van der Waals surface area (Å²) in [7, 11) is 0. The number of hydrogen-bond donors (Lipinski definition) is 0. The molecule has 0 atom stereocenters. The van der Waals surface area contributed by atoms with Crippen LogP contribution in [0.4, 0.5) is 0 Å². The van der Waals surface area contributed by atoms with Crippen LogP contribution in [0, 0.1) is 13.8 Å². The lowest BCUT2D eigenvalue weighted by Crippen LogP contribution is -2.32. The topological polar surface area (TPSA) is 47.9 Å². The molecule has 0 radical (unpaired) electrons. The lowest BCUT2D eigenvalue weighted by Gasteiger charge is -2.39. The number of aromatic nitrogens is 3. The summed E-state index contributed by atoms with van der Waals surface area (Å²) >= 11 is 0. The molecule has 2 aliphatic rings. The van der Waals surface area contributed by atoms with Gasteiger partial charge in [-0.25, -0.2) is 9.97 Å². The molecule has 8 aromatic carbocycles. The molecule has 62 heavy (non-hydrogen) atoms. The first-order valence-corrected chi connectivity index (χ1v) is 21.2. The Labute approximate surface area is 360 Å². The summed E-state index contributed by atoms with van der Waals surface area (Å²) in [4.78, 5) is 14.8. The van der Waals surface area contributed by atoms with E-state index in [0.717, 1.165) is 84.5 Å². The van der Waals surface area contributed by atoms with Crippen molar-refractivity contribution in [2.24, 2.45) is 0 Å². The zero-order valence-electron chi connectivity index (χ0n) is 34.3. The molecule has 1 aliphatic carbocycles.